The molecule has 2 aromatic heterocycles. The van der Waals surface area contributed by atoms with Crippen molar-refractivity contribution in [3.63, 3.8) is 0 Å². The number of H-pyrrole nitrogens is 1. The molecule has 1 saturated heterocycles. The number of aromatic nitrogens is 4. The van der Waals surface area contributed by atoms with Crippen molar-refractivity contribution in [3.8, 4) is 22.6 Å². The number of aldehydes is 1. The third kappa shape index (κ3) is 12.7. The highest BCUT2D eigenvalue weighted by atomic mass is 16.5. The van der Waals surface area contributed by atoms with Crippen molar-refractivity contribution >= 4 is 36.8 Å². The molecular formula is C46H54N10O6. The smallest absolute Gasteiger partial charge is 0.407 e. The second-order valence-electron chi connectivity index (χ2n) is 14.3. The first-order valence-electron chi connectivity index (χ1n) is 20.3. The van der Waals surface area contributed by atoms with E-state index >= 15 is 0 Å². The van der Waals surface area contributed by atoms with Gasteiger partial charge in [-0.3, -0.25) is 9.79 Å². The number of likely N-dealkylation sites (tertiary alicyclic amines) is 1. The van der Waals surface area contributed by atoms with Gasteiger partial charge in [0.2, 0.25) is 0 Å². The number of amides is 3. The zero-order valence-electron chi connectivity index (χ0n) is 35.5. The lowest BCUT2D eigenvalue weighted by Crippen LogP contribution is -2.42. The van der Waals surface area contributed by atoms with Crippen molar-refractivity contribution in [1.29, 1.82) is 0 Å². The molecule has 0 radical (unpaired) electrons. The summed E-state index contributed by atoms with van der Waals surface area (Å²) >= 11 is 0. The zero-order valence-corrected chi connectivity index (χ0v) is 35.5. The van der Waals surface area contributed by atoms with Crippen LogP contribution in [0.15, 0.2) is 114 Å². The fourth-order valence-electron chi connectivity index (χ4n) is 6.76. The molecule has 3 heterocycles. The van der Waals surface area contributed by atoms with Gasteiger partial charge in [0.05, 0.1) is 43.5 Å². The lowest BCUT2D eigenvalue weighted by atomic mass is 10.1. The van der Waals surface area contributed by atoms with Gasteiger partial charge in [-0.15, -0.1) is 10.2 Å². The number of carbonyl (C=O) groups excluding carboxylic acids is 4. The van der Waals surface area contributed by atoms with E-state index in [0.29, 0.717) is 35.6 Å². The van der Waals surface area contributed by atoms with Gasteiger partial charge in [-0.05, 0) is 74.9 Å². The predicted octanol–water partition coefficient (Wildman–Crippen LogP) is 6.51. The highest BCUT2D eigenvalue weighted by molar-refractivity contribution is 5.87. The van der Waals surface area contributed by atoms with E-state index in [9.17, 15) is 19.2 Å². The summed E-state index contributed by atoms with van der Waals surface area (Å²) in [5.74, 6) is 0.437. The molecule has 0 bridgehead atoms. The van der Waals surface area contributed by atoms with Gasteiger partial charge in [-0.2, -0.15) is 0 Å². The molecule has 324 valence electrons. The normalized spacial score (nSPS) is 14.4. The summed E-state index contributed by atoms with van der Waals surface area (Å²) in [6.07, 6.45) is 5.40. The number of carbonyl (C=O) groups is 4. The Morgan fingerprint density at radius 3 is 2.18 bits per heavy atom. The molecule has 16 nitrogen and oxygen atoms in total. The van der Waals surface area contributed by atoms with Crippen molar-refractivity contribution in [2.75, 3.05) is 47.4 Å². The first-order valence-corrected chi connectivity index (χ1v) is 20.3. The Kier molecular flexibility index (Phi) is 17.4. The van der Waals surface area contributed by atoms with Crippen molar-refractivity contribution in [2.45, 2.75) is 44.3 Å². The number of nitrogens with zero attached hydrogens (tertiary/aromatic N) is 6. The Balaban J connectivity index is 0.000000441. The molecule has 3 atom stereocenters. The van der Waals surface area contributed by atoms with Gasteiger partial charge in [0, 0.05) is 24.9 Å². The monoisotopic (exact) mass is 842 g/mol. The first-order chi connectivity index (χ1) is 30.2. The van der Waals surface area contributed by atoms with Gasteiger partial charge in [-0.25, -0.2) is 14.6 Å². The number of benzene rings is 3. The SMILES string of the molecule is C=N/C=C(\NCCCN(C)CC)c1ccc(-c2ccc(-c3cnc([C@@H]4CCCN4C(=O)[C@H](NC(=O)OC)c4ccccc4)[nH]3)nn2)cc1.COC(=O)N[C@@H](C=O)c1ccccc1. The standard InChI is InChI=1S/C36H43N9O3.C10H11NO3/c1-5-44(3)21-10-20-38-30(23-37-2)26-16-14-25(15-17-26)28-18-19-29(43-42-28)31-24-39-34(40-31)32-13-9-22-45(32)35(46)33(41-36(47)48-4)27-11-7-6-8-12-27;1-14-10(13)11-9(7-12)8-5-3-2-4-6-8/h6-8,11-12,14-19,23-24,32-33,38H,2,5,9-10,13,20-22H2,1,3-4H3,(H,39,40)(H,41,47);2-7,9H,1H3,(H,11,13)/b30-23-;/t32-,33+;9-/m00/s1. The van der Waals surface area contributed by atoms with Crippen LogP contribution in [-0.2, 0) is 19.1 Å². The number of nitrogens with one attached hydrogen (secondary N) is 4. The number of ether oxygens (including phenoxy) is 2. The van der Waals surface area contributed by atoms with Crippen molar-refractivity contribution in [2.24, 2.45) is 4.99 Å². The van der Waals surface area contributed by atoms with Crippen molar-refractivity contribution in [3.05, 3.63) is 132 Å². The zero-order chi connectivity index (χ0) is 44.3. The minimum atomic E-state index is -0.878. The van der Waals surface area contributed by atoms with E-state index in [-0.39, 0.29) is 11.9 Å². The number of rotatable bonds is 17. The van der Waals surface area contributed by atoms with E-state index in [2.05, 4.69) is 71.4 Å². The minimum Gasteiger partial charge on any atom is -0.453 e. The molecule has 0 aliphatic carbocycles. The third-order valence-electron chi connectivity index (χ3n) is 10.3. The number of hydrogen-bond donors (Lipinski definition) is 4. The molecule has 16 heteroatoms. The molecule has 5 aromatic rings. The topological polar surface area (TPSA) is 196 Å². The number of aromatic amines is 1. The number of aliphatic imine (C=N–C) groups is 1. The average Bonchev–Trinajstić information content (AvgIpc) is 4.02. The lowest BCUT2D eigenvalue weighted by Gasteiger charge is -2.28. The van der Waals surface area contributed by atoms with Crippen LogP contribution >= 0.6 is 0 Å². The van der Waals surface area contributed by atoms with E-state index in [0.717, 1.165) is 67.0 Å². The largest absolute Gasteiger partial charge is 0.453 e. The molecule has 62 heavy (non-hydrogen) atoms. The van der Waals surface area contributed by atoms with Crippen LogP contribution in [0.3, 0.4) is 0 Å². The van der Waals surface area contributed by atoms with Gasteiger partial charge in [0.1, 0.15) is 29.9 Å². The average molecular weight is 843 g/mol. The molecule has 0 spiro atoms. The molecule has 1 aliphatic rings. The Morgan fingerprint density at radius 1 is 0.919 bits per heavy atom. The van der Waals surface area contributed by atoms with E-state index in [1.807, 2.05) is 72.8 Å². The highest BCUT2D eigenvalue weighted by Crippen LogP contribution is 2.34. The van der Waals surface area contributed by atoms with Gasteiger partial charge in [-0.1, -0.05) is 91.9 Å². The number of alkyl carbamates (subject to hydrolysis) is 2. The lowest BCUT2D eigenvalue weighted by molar-refractivity contribution is -0.134. The highest BCUT2D eigenvalue weighted by Gasteiger charge is 2.37. The predicted molar refractivity (Wildman–Crippen MR) is 238 cm³/mol. The molecule has 3 aromatic carbocycles. The Morgan fingerprint density at radius 2 is 1.56 bits per heavy atom. The van der Waals surface area contributed by atoms with E-state index in [1.54, 1.807) is 41.6 Å². The Hall–Kier alpha value is -7.20. The molecule has 0 saturated carbocycles. The maximum Gasteiger partial charge on any atom is 0.407 e. The van der Waals surface area contributed by atoms with E-state index in [4.69, 9.17) is 4.74 Å². The summed E-state index contributed by atoms with van der Waals surface area (Å²) in [6.45, 7) is 9.22. The fourth-order valence-corrected chi connectivity index (χ4v) is 6.76. The minimum absolute atomic E-state index is 0.221. The van der Waals surface area contributed by atoms with Gasteiger partial charge < -0.3 is 45.0 Å². The quantitative estimate of drug-likeness (QED) is 0.0453. The van der Waals surface area contributed by atoms with Crippen LogP contribution in [-0.4, -0.2) is 109 Å². The van der Waals surface area contributed by atoms with Gasteiger partial charge >= 0.3 is 12.2 Å². The van der Waals surface area contributed by atoms with Gasteiger partial charge in [0.15, 0.2) is 0 Å². The van der Waals surface area contributed by atoms with Crippen LogP contribution in [0, 0.1) is 0 Å². The first kappa shape index (κ1) is 45.9. The van der Waals surface area contributed by atoms with Crippen LogP contribution in [0.4, 0.5) is 9.59 Å². The molecule has 1 fully saturated rings. The summed E-state index contributed by atoms with van der Waals surface area (Å²) in [5.41, 5.74) is 6.36. The maximum absolute atomic E-state index is 13.8. The van der Waals surface area contributed by atoms with Crippen molar-refractivity contribution in [1.82, 2.24) is 45.9 Å². The second kappa shape index (κ2) is 23.6. The molecule has 6 rings (SSSR count). The van der Waals surface area contributed by atoms with Crippen LogP contribution < -0.4 is 16.0 Å². The van der Waals surface area contributed by atoms with Crippen LogP contribution in [0.5, 0.6) is 0 Å². The molecule has 4 N–H and O–H groups in total. The fraction of sp³-hybridized carbons (Fsp3) is 0.304. The molecule has 3 amide bonds. The van der Waals surface area contributed by atoms with E-state index in [1.165, 1.54) is 14.2 Å². The molecular weight excluding hydrogens is 789 g/mol. The van der Waals surface area contributed by atoms with Crippen molar-refractivity contribution < 1.29 is 28.7 Å². The number of hydrogen-bond acceptors (Lipinski definition) is 12. The maximum atomic E-state index is 13.8. The summed E-state index contributed by atoms with van der Waals surface area (Å²) in [7, 11) is 4.65. The number of methoxy groups -OCH3 is 2. The summed E-state index contributed by atoms with van der Waals surface area (Å²) < 4.78 is 9.20. The van der Waals surface area contributed by atoms with Crippen LogP contribution in [0.1, 0.15) is 66.8 Å². The van der Waals surface area contributed by atoms with Gasteiger partial charge in [0.25, 0.3) is 5.91 Å². The molecule has 1 aliphatic heterocycles. The number of imidazole rings is 1. The second-order valence-corrected chi connectivity index (χ2v) is 14.3. The van der Waals surface area contributed by atoms with Crippen LogP contribution in [0.25, 0.3) is 28.3 Å². The molecule has 0 unspecified atom stereocenters. The Labute approximate surface area is 361 Å². The van der Waals surface area contributed by atoms with E-state index < -0.39 is 24.3 Å². The summed E-state index contributed by atoms with van der Waals surface area (Å²) in [4.78, 5) is 63.5. The summed E-state index contributed by atoms with van der Waals surface area (Å²) in [6, 6.07) is 28.2. The Bertz CT molecular complexity index is 2230. The summed E-state index contributed by atoms with van der Waals surface area (Å²) in [5, 5.41) is 17.5. The van der Waals surface area contributed by atoms with Crippen LogP contribution in [0.2, 0.25) is 0 Å². The third-order valence-corrected chi connectivity index (χ3v) is 10.3.